The fraction of sp³-hybridized carbons (Fsp3) is 0.304. The number of nitro benzene ring substituents is 1. The van der Waals surface area contributed by atoms with Crippen LogP contribution in [0.25, 0.3) is 11.3 Å². The van der Waals surface area contributed by atoms with Crippen molar-refractivity contribution in [3.8, 4) is 11.3 Å². The van der Waals surface area contributed by atoms with Crippen LogP contribution in [0.5, 0.6) is 0 Å². The largest absolute Gasteiger partial charge is 0.416 e. The normalized spacial score (nSPS) is 15.1. The molecule has 4 rings (SSSR count). The second-order valence-corrected chi connectivity index (χ2v) is 9.45. The Hall–Kier alpha value is -3.55. The lowest BCUT2D eigenvalue weighted by molar-refractivity contribution is -0.383. The zero-order valence-corrected chi connectivity index (χ0v) is 20.0. The zero-order chi connectivity index (χ0) is 26.0. The van der Waals surface area contributed by atoms with Gasteiger partial charge in [-0.1, -0.05) is 29.5 Å². The van der Waals surface area contributed by atoms with Gasteiger partial charge in [0.2, 0.25) is 0 Å². The number of hydrogen-bond donors (Lipinski definition) is 2. The SMILES string of the molecule is CN1CCN(Cc2ccc([N+](=O)[O-])c(Nc3nc(-c4ccc(C(F)(F)F)cc4)c(C(N)=O)s3)c2)CC1. The zero-order valence-electron chi connectivity index (χ0n) is 19.2. The van der Waals surface area contributed by atoms with Gasteiger partial charge in [0.25, 0.3) is 11.6 Å². The summed E-state index contributed by atoms with van der Waals surface area (Å²) < 4.78 is 38.8. The predicted octanol–water partition coefficient (Wildman–Crippen LogP) is 4.33. The van der Waals surface area contributed by atoms with E-state index in [-0.39, 0.29) is 32.6 Å². The number of nitro groups is 1. The Labute approximate surface area is 208 Å². The summed E-state index contributed by atoms with van der Waals surface area (Å²) in [5, 5.41) is 14.7. The summed E-state index contributed by atoms with van der Waals surface area (Å²) in [6.07, 6.45) is -4.51. The number of anilines is 2. The van der Waals surface area contributed by atoms with Crippen molar-refractivity contribution < 1.29 is 22.9 Å². The van der Waals surface area contributed by atoms with Crippen LogP contribution in [-0.4, -0.2) is 58.8 Å². The molecule has 13 heteroatoms. The first-order chi connectivity index (χ1) is 17.0. The Morgan fingerprint density at radius 1 is 1.17 bits per heavy atom. The molecule has 0 bridgehead atoms. The van der Waals surface area contributed by atoms with Gasteiger partial charge in [-0.25, -0.2) is 4.98 Å². The third-order valence-electron chi connectivity index (χ3n) is 5.84. The third kappa shape index (κ3) is 5.80. The van der Waals surface area contributed by atoms with E-state index in [1.54, 1.807) is 12.1 Å². The molecular formula is C23H23F3N6O3S. The van der Waals surface area contributed by atoms with E-state index in [1.165, 1.54) is 18.2 Å². The minimum atomic E-state index is -4.51. The number of nitrogens with two attached hydrogens (primary N) is 1. The molecule has 2 aromatic carbocycles. The van der Waals surface area contributed by atoms with E-state index in [9.17, 15) is 28.1 Å². The minimum absolute atomic E-state index is 0.0218. The van der Waals surface area contributed by atoms with Gasteiger partial charge in [0.1, 0.15) is 10.6 Å². The van der Waals surface area contributed by atoms with Crippen molar-refractivity contribution in [2.75, 3.05) is 38.5 Å². The van der Waals surface area contributed by atoms with Crippen molar-refractivity contribution >= 4 is 33.8 Å². The molecule has 9 nitrogen and oxygen atoms in total. The van der Waals surface area contributed by atoms with Crippen LogP contribution in [0.15, 0.2) is 42.5 Å². The number of nitrogens with one attached hydrogen (secondary N) is 1. The summed E-state index contributed by atoms with van der Waals surface area (Å²) in [7, 11) is 2.05. The summed E-state index contributed by atoms with van der Waals surface area (Å²) in [5.74, 6) is -0.811. The number of benzene rings is 2. The van der Waals surface area contributed by atoms with Crippen LogP contribution in [-0.2, 0) is 12.7 Å². The Morgan fingerprint density at radius 2 is 1.83 bits per heavy atom. The number of piperazine rings is 1. The average Bonchev–Trinajstić information content (AvgIpc) is 3.24. The average molecular weight is 521 g/mol. The fourth-order valence-corrected chi connectivity index (χ4v) is 4.73. The number of hydrogen-bond acceptors (Lipinski definition) is 8. The third-order valence-corrected chi connectivity index (χ3v) is 6.82. The molecule has 0 unspecified atom stereocenters. The van der Waals surface area contributed by atoms with Crippen molar-refractivity contribution in [1.29, 1.82) is 0 Å². The highest BCUT2D eigenvalue weighted by molar-refractivity contribution is 7.18. The van der Waals surface area contributed by atoms with Gasteiger partial charge in [-0.3, -0.25) is 19.8 Å². The molecule has 0 spiro atoms. The maximum Gasteiger partial charge on any atom is 0.416 e. The van der Waals surface area contributed by atoms with Crippen LogP contribution in [0.3, 0.4) is 0 Å². The number of carbonyl (C=O) groups excluding carboxylic acids is 1. The topological polar surface area (TPSA) is 118 Å². The number of halogens is 3. The number of carbonyl (C=O) groups is 1. The summed E-state index contributed by atoms with van der Waals surface area (Å²) in [6.45, 7) is 4.23. The van der Waals surface area contributed by atoms with E-state index in [0.717, 1.165) is 55.2 Å². The van der Waals surface area contributed by atoms with Crippen LogP contribution >= 0.6 is 11.3 Å². The molecule has 0 radical (unpaired) electrons. The number of amides is 1. The van der Waals surface area contributed by atoms with E-state index in [4.69, 9.17) is 5.73 Å². The van der Waals surface area contributed by atoms with Gasteiger partial charge in [0.15, 0.2) is 5.13 Å². The van der Waals surface area contributed by atoms with E-state index in [0.29, 0.717) is 6.54 Å². The number of likely N-dealkylation sites (N-methyl/N-ethyl adjacent to an activating group) is 1. The van der Waals surface area contributed by atoms with Crippen molar-refractivity contribution in [1.82, 2.24) is 14.8 Å². The number of nitrogens with zero attached hydrogens (tertiary/aromatic N) is 4. The van der Waals surface area contributed by atoms with E-state index in [2.05, 4.69) is 27.1 Å². The lowest BCUT2D eigenvalue weighted by Crippen LogP contribution is -2.43. The second kappa shape index (κ2) is 10.2. The van der Waals surface area contributed by atoms with Crippen LogP contribution in [0.2, 0.25) is 0 Å². The molecule has 0 aliphatic carbocycles. The smallest absolute Gasteiger partial charge is 0.365 e. The van der Waals surface area contributed by atoms with E-state index >= 15 is 0 Å². The Balaban J connectivity index is 1.63. The first kappa shape index (κ1) is 25.5. The maximum absolute atomic E-state index is 12.9. The molecule has 1 amide bonds. The predicted molar refractivity (Wildman–Crippen MR) is 130 cm³/mol. The molecule has 0 atom stereocenters. The van der Waals surface area contributed by atoms with Gasteiger partial charge in [-0.05, 0) is 30.8 Å². The van der Waals surface area contributed by atoms with E-state index in [1.807, 2.05) is 0 Å². The van der Waals surface area contributed by atoms with Crippen molar-refractivity contribution in [3.05, 3.63) is 68.6 Å². The maximum atomic E-state index is 12.9. The molecule has 190 valence electrons. The molecule has 3 N–H and O–H groups in total. The van der Waals surface area contributed by atoms with Gasteiger partial charge in [0.05, 0.1) is 16.2 Å². The number of rotatable bonds is 7. The van der Waals surface area contributed by atoms with Crippen molar-refractivity contribution in [2.45, 2.75) is 12.7 Å². The Bertz CT molecular complexity index is 1270. The Morgan fingerprint density at radius 3 is 2.42 bits per heavy atom. The fourth-order valence-electron chi connectivity index (χ4n) is 3.87. The molecule has 2 heterocycles. The van der Waals surface area contributed by atoms with Gasteiger partial charge in [0, 0.05) is 44.4 Å². The summed E-state index contributed by atoms with van der Waals surface area (Å²) in [4.78, 5) is 32.0. The first-order valence-corrected chi connectivity index (χ1v) is 11.8. The Kier molecular flexibility index (Phi) is 7.24. The molecular weight excluding hydrogens is 497 g/mol. The summed E-state index contributed by atoms with van der Waals surface area (Å²) in [6, 6.07) is 8.96. The molecule has 1 aromatic heterocycles. The van der Waals surface area contributed by atoms with E-state index < -0.39 is 22.6 Å². The van der Waals surface area contributed by atoms with Crippen LogP contribution in [0.1, 0.15) is 20.8 Å². The lowest BCUT2D eigenvalue weighted by Gasteiger charge is -2.32. The highest BCUT2D eigenvalue weighted by atomic mass is 32.1. The number of aromatic nitrogens is 1. The standard InChI is InChI=1S/C23H23F3N6O3S/c1-30-8-10-31(11-9-30)13-14-2-7-18(32(34)35)17(12-14)28-22-29-19(20(36-22)21(27)33)15-3-5-16(6-4-15)23(24,25)26/h2-7,12H,8-11,13H2,1H3,(H2,27,33)(H,28,29). The second-order valence-electron chi connectivity index (χ2n) is 8.45. The number of thiazole rings is 1. The number of primary amides is 1. The molecule has 3 aromatic rings. The summed E-state index contributed by atoms with van der Waals surface area (Å²) >= 11 is 0.872. The lowest BCUT2D eigenvalue weighted by atomic mass is 10.1. The molecule has 1 aliphatic heterocycles. The molecule has 36 heavy (non-hydrogen) atoms. The molecule has 1 aliphatic rings. The highest BCUT2D eigenvalue weighted by Crippen LogP contribution is 2.37. The van der Waals surface area contributed by atoms with Gasteiger partial charge < -0.3 is 16.0 Å². The quantitative estimate of drug-likeness (QED) is 0.352. The monoisotopic (exact) mass is 520 g/mol. The molecule has 0 saturated carbocycles. The highest BCUT2D eigenvalue weighted by Gasteiger charge is 2.30. The van der Waals surface area contributed by atoms with Crippen molar-refractivity contribution in [2.24, 2.45) is 5.73 Å². The van der Waals surface area contributed by atoms with Crippen molar-refractivity contribution in [3.63, 3.8) is 0 Å². The minimum Gasteiger partial charge on any atom is -0.365 e. The van der Waals surface area contributed by atoms with Crippen LogP contribution < -0.4 is 11.1 Å². The van der Waals surface area contributed by atoms with Gasteiger partial charge in [-0.2, -0.15) is 13.2 Å². The number of alkyl halides is 3. The van der Waals surface area contributed by atoms with Gasteiger partial charge >= 0.3 is 6.18 Å². The van der Waals surface area contributed by atoms with Crippen LogP contribution in [0, 0.1) is 10.1 Å². The molecule has 1 fully saturated rings. The van der Waals surface area contributed by atoms with Crippen LogP contribution in [0.4, 0.5) is 29.7 Å². The summed E-state index contributed by atoms with van der Waals surface area (Å²) in [5.41, 5.74) is 5.88. The molecule has 1 saturated heterocycles. The first-order valence-electron chi connectivity index (χ1n) is 10.9. The van der Waals surface area contributed by atoms with Gasteiger partial charge in [-0.15, -0.1) is 0 Å².